The van der Waals surface area contributed by atoms with Crippen LogP contribution in [0.15, 0.2) is 46.3 Å². The van der Waals surface area contributed by atoms with Crippen LogP contribution in [0.1, 0.15) is 32.1 Å². The van der Waals surface area contributed by atoms with Gasteiger partial charge in [-0.25, -0.2) is 0 Å². The number of carbonyl (C=O) groups is 2. The molecule has 1 N–H and O–H groups in total. The molecule has 0 spiro atoms. The summed E-state index contributed by atoms with van der Waals surface area (Å²) in [4.78, 5) is 28.7. The molecule has 0 saturated heterocycles. The first-order chi connectivity index (χ1) is 12.1. The molecule has 25 heavy (non-hydrogen) atoms. The summed E-state index contributed by atoms with van der Waals surface area (Å²) in [5.41, 5.74) is -0.775. The zero-order valence-electron chi connectivity index (χ0n) is 14.3. The number of allylic oxidation sites excluding steroid dienone is 1. The van der Waals surface area contributed by atoms with Crippen LogP contribution in [-0.2, 0) is 9.59 Å². The number of aliphatic imine (C=N–C) groups is 1. The maximum absolute atomic E-state index is 12.7. The molecule has 1 unspecified atom stereocenters. The fourth-order valence-electron chi connectivity index (χ4n) is 2.67. The van der Waals surface area contributed by atoms with Crippen molar-refractivity contribution in [3.63, 3.8) is 0 Å². The van der Waals surface area contributed by atoms with Crippen LogP contribution in [0.5, 0.6) is 5.75 Å². The number of thioether (sulfide) groups is 1. The molecule has 1 aromatic rings. The second-order valence-corrected chi connectivity index (χ2v) is 6.95. The molecule has 0 saturated carbocycles. The minimum absolute atomic E-state index is 0.0801. The third kappa shape index (κ3) is 5.74. The van der Waals surface area contributed by atoms with Crippen molar-refractivity contribution in [2.45, 2.75) is 42.5 Å². The van der Waals surface area contributed by atoms with Crippen molar-refractivity contribution in [2.75, 3.05) is 12.9 Å². The van der Waals surface area contributed by atoms with E-state index in [9.17, 15) is 9.59 Å². The van der Waals surface area contributed by atoms with Crippen molar-refractivity contribution in [1.29, 1.82) is 0 Å². The Morgan fingerprint density at radius 2 is 1.96 bits per heavy atom. The molecule has 0 fully saturated rings. The van der Waals surface area contributed by atoms with Crippen molar-refractivity contribution in [1.82, 2.24) is 0 Å². The van der Waals surface area contributed by atoms with Crippen LogP contribution in [0.25, 0.3) is 0 Å². The second kappa shape index (κ2) is 9.42. The number of unbranched alkanes of at least 4 members (excludes halogenated alkanes) is 2. The fraction of sp³-hybridized carbons (Fsp3) is 0.421. The number of hydrogen-bond acceptors (Lipinski definition) is 5. The first kappa shape index (κ1) is 19.2. The summed E-state index contributed by atoms with van der Waals surface area (Å²) in [6, 6.07) is 7.61. The monoisotopic (exact) mass is 361 g/mol. The van der Waals surface area contributed by atoms with Crippen LogP contribution in [0.2, 0.25) is 0 Å². The number of methoxy groups -OCH3 is 1. The van der Waals surface area contributed by atoms with Gasteiger partial charge < -0.3 is 9.84 Å². The third-order valence-electron chi connectivity index (χ3n) is 4.12. The van der Waals surface area contributed by atoms with Crippen molar-refractivity contribution in [3.05, 3.63) is 36.4 Å². The van der Waals surface area contributed by atoms with E-state index in [-0.39, 0.29) is 12.2 Å². The van der Waals surface area contributed by atoms with Gasteiger partial charge in [0.2, 0.25) is 0 Å². The molecular weight excluding hydrogens is 338 g/mol. The van der Waals surface area contributed by atoms with Crippen molar-refractivity contribution in [3.8, 4) is 5.75 Å². The molecule has 0 aromatic heterocycles. The fourth-order valence-corrected chi connectivity index (χ4v) is 3.54. The minimum atomic E-state index is -0.777. The average Bonchev–Trinajstić information content (AvgIpc) is 3.09. The maximum Gasteiger partial charge on any atom is 0.303 e. The first-order valence-corrected chi connectivity index (χ1v) is 9.29. The summed E-state index contributed by atoms with van der Waals surface area (Å²) in [7, 11) is 1.62. The van der Waals surface area contributed by atoms with Gasteiger partial charge in [0.05, 0.1) is 12.9 Å². The summed E-state index contributed by atoms with van der Waals surface area (Å²) in [6.45, 7) is 0. The van der Waals surface area contributed by atoms with Crippen LogP contribution in [0.4, 0.5) is 0 Å². The van der Waals surface area contributed by atoms with E-state index in [4.69, 9.17) is 9.84 Å². The molecule has 134 valence electrons. The molecule has 0 amide bonds. The van der Waals surface area contributed by atoms with Gasteiger partial charge in [-0.05, 0) is 49.3 Å². The molecule has 1 atom stereocenters. The van der Waals surface area contributed by atoms with Gasteiger partial charge in [0.15, 0.2) is 5.78 Å². The van der Waals surface area contributed by atoms with Crippen LogP contribution in [0, 0.1) is 0 Å². The predicted octanol–water partition coefficient (Wildman–Crippen LogP) is 3.77. The Hall–Kier alpha value is -2.08. The van der Waals surface area contributed by atoms with Gasteiger partial charge in [-0.3, -0.25) is 14.6 Å². The Morgan fingerprint density at radius 1 is 1.20 bits per heavy atom. The van der Waals surface area contributed by atoms with Crippen LogP contribution >= 0.6 is 11.8 Å². The van der Waals surface area contributed by atoms with Crippen molar-refractivity contribution in [2.24, 2.45) is 4.99 Å². The Morgan fingerprint density at radius 3 is 2.56 bits per heavy atom. The summed E-state index contributed by atoms with van der Waals surface area (Å²) >= 11 is 1.49. The van der Waals surface area contributed by atoms with E-state index in [1.54, 1.807) is 13.3 Å². The molecule has 6 heteroatoms. The standard InChI is InChI=1S/C19H23NO4S/c1-24-15-7-9-16(10-8-15)25-14-17(21)19(12-5-13-20-19)11-4-2-3-6-18(22)23/h5,7-10,12-13H,2-4,6,11,14H2,1H3,(H,22,23). The van der Waals surface area contributed by atoms with E-state index in [0.29, 0.717) is 18.6 Å². The number of ether oxygens (including phenoxy) is 1. The molecule has 1 aliphatic heterocycles. The SMILES string of the molecule is COc1ccc(SCC(=O)C2(CCCCCC(=O)O)C=CC=N2)cc1. The highest BCUT2D eigenvalue weighted by Crippen LogP contribution is 2.29. The Balaban J connectivity index is 1.85. The van der Waals surface area contributed by atoms with Gasteiger partial charge in [-0.1, -0.05) is 12.8 Å². The summed E-state index contributed by atoms with van der Waals surface area (Å²) in [5, 5.41) is 8.67. The first-order valence-electron chi connectivity index (χ1n) is 8.31. The maximum atomic E-state index is 12.7. The highest BCUT2D eigenvalue weighted by Gasteiger charge is 2.35. The summed E-state index contributed by atoms with van der Waals surface area (Å²) in [5.74, 6) is 0.442. The number of hydrogen-bond donors (Lipinski definition) is 1. The molecular formula is C19H23NO4S. The number of carboxylic acids is 1. The summed E-state index contributed by atoms with van der Waals surface area (Å²) in [6.07, 6.45) is 8.36. The van der Waals surface area contributed by atoms with E-state index >= 15 is 0 Å². The number of ketones is 1. The van der Waals surface area contributed by atoms with E-state index in [2.05, 4.69) is 4.99 Å². The Kier molecular flexibility index (Phi) is 7.25. The molecule has 5 nitrogen and oxygen atoms in total. The Labute approximate surface area is 152 Å². The quantitative estimate of drug-likeness (QED) is 0.480. The van der Waals surface area contributed by atoms with Crippen LogP contribution < -0.4 is 4.74 Å². The lowest BCUT2D eigenvalue weighted by atomic mass is 9.89. The van der Waals surface area contributed by atoms with Gasteiger partial charge in [-0.15, -0.1) is 11.8 Å². The molecule has 1 heterocycles. The Bertz CT molecular complexity index is 640. The lowest BCUT2D eigenvalue weighted by Gasteiger charge is -2.22. The number of Topliss-reactive ketones (excluding diaryl/α,β-unsaturated/α-hetero) is 1. The van der Waals surface area contributed by atoms with Crippen LogP contribution in [0.3, 0.4) is 0 Å². The topological polar surface area (TPSA) is 76.0 Å². The zero-order valence-corrected chi connectivity index (χ0v) is 15.1. The number of nitrogens with zero attached hydrogens (tertiary/aromatic N) is 1. The van der Waals surface area contributed by atoms with Crippen molar-refractivity contribution < 1.29 is 19.4 Å². The van der Waals surface area contributed by atoms with Crippen molar-refractivity contribution >= 4 is 29.7 Å². The molecule has 0 radical (unpaired) electrons. The third-order valence-corrected chi connectivity index (χ3v) is 5.14. The molecule has 1 aliphatic rings. The lowest BCUT2D eigenvalue weighted by Crippen LogP contribution is -2.34. The second-order valence-electron chi connectivity index (χ2n) is 5.90. The number of aliphatic carboxylic acids is 1. The molecule has 0 bridgehead atoms. The highest BCUT2D eigenvalue weighted by atomic mass is 32.2. The van der Waals surface area contributed by atoms with Crippen LogP contribution in [-0.4, -0.2) is 41.5 Å². The molecule has 0 aliphatic carbocycles. The molecule has 2 rings (SSSR count). The van der Waals surface area contributed by atoms with E-state index < -0.39 is 11.5 Å². The zero-order chi connectivity index (χ0) is 18.1. The van der Waals surface area contributed by atoms with E-state index in [0.717, 1.165) is 23.5 Å². The number of carbonyl (C=O) groups excluding carboxylic acids is 1. The van der Waals surface area contributed by atoms with E-state index in [1.807, 2.05) is 36.4 Å². The largest absolute Gasteiger partial charge is 0.497 e. The number of rotatable bonds is 11. The normalized spacial score (nSPS) is 18.4. The lowest BCUT2D eigenvalue weighted by molar-refractivity contribution is -0.137. The van der Waals surface area contributed by atoms with Gasteiger partial charge in [0, 0.05) is 17.5 Å². The number of carboxylic acid groups (broad SMARTS) is 1. The highest BCUT2D eigenvalue weighted by molar-refractivity contribution is 8.00. The predicted molar refractivity (Wildman–Crippen MR) is 99.8 cm³/mol. The van der Waals surface area contributed by atoms with Gasteiger partial charge in [-0.2, -0.15) is 0 Å². The minimum Gasteiger partial charge on any atom is -0.497 e. The smallest absolute Gasteiger partial charge is 0.303 e. The summed E-state index contributed by atoms with van der Waals surface area (Å²) < 4.78 is 5.13. The average molecular weight is 361 g/mol. The van der Waals surface area contributed by atoms with Gasteiger partial charge in [0.1, 0.15) is 11.3 Å². The number of benzene rings is 1. The molecule has 1 aromatic carbocycles. The van der Waals surface area contributed by atoms with Gasteiger partial charge in [0.25, 0.3) is 0 Å². The van der Waals surface area contributed by atoms with Gasteiger partial charge >= 0.3 is 5.97 Å². The van der Waals surface area contributed by atoms with E-state index in [1.165, 1.54) is 11.8 Å².